The molecule has 0 aliphatic carbocycles. The van der Waals surface area contributed by atoms with Gasteiger partial charge in [0.1, 0.15) is 6.54 Å². The summed E-state index contributed by atoms with van der Waals surface area (Å²) in [5.74, 6) is 2.05. The molecule has 0 N–H and O–H groups in total. The van der Waals surface area contributed by atoms with Crippen molar-refractivity contribution in [2.75, 3.05) is 47.5 Å². The van der Waals surface area contributed by atoms with Crippen LogP contribution >= 0.6 is 0 Å². The van der Waals surface area contributed by atoms with Crippen LogP contribution < -0.4 is 14.2 Å². The van der Waals surface area contributed by atoms with Gasteiger partial charge in [0.25, 0.3) is 0 Å². The van der Waals surface area contributed by atoms with Gasteiger partial charge in [-0.1, -0.05) is 6.07 Å². The molecule has 8 heteroatoms. The average Bonchev–Trinajstić information content (AvgIpc) is 3.04. The SMILES string of the molecule is COc1ccc(CN2CCN(C(=O)Cn3nc(C)cc3C)CC2)c(OC)c1OC. The third-order valence-electron chi connectivity index (χ3n) is 5.29. The second-order valence-electron chi connectivity index (χ2n) is 7.24. The Morgan fingerprint density at radius 1 is 1.00 bits per heavy atom. The lowest BCUT2D eigenvalue weighted by atomic mass is 10.1. The molecule has 1 aromatic carbocycles. The van der Waals surface area contributed by atoms with E-state index in [4.69, 9.17) is 14.2 Å². The van der Waals surface area contributed by atoms with Crippen LogP contribution in [0.25, 0.3) is 0 Å². The minimum Gasteiger partial charge on any atom is -0.493 e. The average molecular weight is 402 g/mol. The molecule has 2 aromatic rings. The van der Waals surface area contributed by atoms with E-state index in [1.807, 2.05) is 36.9 Å². The molecular weight excluding hydrogens is 372 g/mol. The largest absolute Gasteiger partial charge is 0.493 e. The number of ether oxygens (including phenoxy) is 3. The van der Waals surface area contributed by atoms with Crippen LogP contribution in [0.2, 0.25) is 0 Å². The first kappa shape index (κ1) is 21.0. The van der Waals surface area contributed by atoms with Gasteiger partial charge in [0.05, 0.1) is 27.0 Å². The number of nitrogens with zero attached hydrogens (tertiary/aromatic N) is 4. The molecule has 0 bridgehead atoms. The third-order valence-corrected chi connectivity index (χ3v) is 5.29. The summed E-state index contributed by atoms with van der Waals surface area (Å²) in [6.07, 6.45) is 0. The lowest BCUT2D eigenvalue weighted by molar-refractivity contribution is -0.133. The summed E-state index contributed by atoms with van der Waals surface area (Å²) >= 11 is 0. The Labute approximate surface area is 171 Å². The fourth-order valence-corrected chi connectivity index (χ4v) is 3.75. The van der Waals surface area contributed by atoms with Crippen LogP contribution in [0, 0.1) is 13.8 Å². The maximum atomic E-state index is 12.6. The van der Waals surface area contributed by atoms with Crippen LogP contribution in [-0.2, 0) is 17.9 Å². The number of hydrogen-bond acceptors (Lipinski definition) is 6. The molecule has 8 nitrogen and oxygen atoms in total. The highest BCUT2D eigenvalue weighted by molar-refractivity contribution is 5.76. The maximum Gasteiger partial charge on any atom is 0.244 e. The number of carbonyl (C=O) groups excluding carboxylic acids is 1. The van der Waals surface area contributed by atoms with Crippen molar-refractivity contribution in [2.45, 2.75) is 26.9 Å². The van der Waals surface area contributed by atoms with Crippen molar-refractivity contribution < 1.29 is 19.0 Å². The predicted octanol–water partition coefficient (Wildman–Crippen LogP) is 1.87. The Bertz CT molecular complexity index is 857. The van der Waals surface area contributed by atoms with E-state index in [0.717, 1.165) is 36.6 Å². The van der Waals surface area contributed by atoms with Crippen LogP contribution in [0.4, 0.5) is 0 Å². The van der Waals surface area contributed by atoms with Gasteiger partial charge < -0.3 is 19.1 Å². The van der Waals surface area contributed by atoms with Gasteiger partial charge >= 0.3 is 0 Å². The molecule has 0 radical (unpaired) electrons. The highest BCUT2D eigenvalue weighted by atomic mass is 16.5. The van der Waals surface area contributed by atoms with Gasteiger partial charge in [-0.2, -0.15) is 5.10 Å². The lowest BCUT2D eigenvalue weighted by Gasteiger charge is -2.35. The van der Waals surface area contributed by atoms with Crippen molar-refractivity contribution in [1.29, 1.82) is 0 Å². The zero-order valence-corrected chi connectivity index (χ0v) is 17.9. The molecule has 0 atom stereocenters. The Balaban J connectivity index is 1.60. The normalized spacial score (nSPS) is 14.7. The fraction of sp³-hybridized carbons (Fsp3) is 0.524. The van der Waals surface area contributed by atoms with Crippen molar-refractivity contribution in [2.24, 2.45) is 0 Å². The molecule has 0 saturated carbocycles. The topological polar surface area (TPSA) is 69.1 Å². The van der Waals surface area contributed by atoms with Gasteiger partial charge in [-0.15, -0.1) is 0 Å². The Morgan fingerprint density at radius 3 is 2.24 bits per heavy atom. The van der Waals surface area contributed by atoms with E-state index in [1.165, 1.54) is 0 Å². The number of hydrogen-bond donors (Lipinski definition) is 0. The smallest absolute Gasteiger partial charge is 0.244 e. The third kappa shape index (κ3) is 4.64. The molecule has 1 amide bonds. The monoisotopic (exact) mass is 402 g/mol. The first-order chi connectivity index (χ1) is 14.0. The van der Waals surface area contributed by atoms with E-state index in [2.05, 4.69) is 10.00 Å². The van der Waals surface area contributed by atoms with Crippen LogP contribution in [0.1, 0.15) is 17.0 Å². The van der Waals surface area contributed by atoms with E-state index in [0.29, 0.717) is 36.9 Å². The number of aromatic nitrogens is 2. The molecule has 1 aliphatic rings. The van der Waals surface area contributed by atoms with Gasteiger partial charge in [-0.3, -0.25) is 14.4 Å². The highest BCUT2D eigenvalue weighted by Crippen LogP contribution is 2.40. The van der Waals surface area contributed by atoms with Gasteiger partial charge in [0.2, 0.25) is 11.7 Å². The summed E-state index contributed by atoms with van der Waals surface area (Å²) in [7, 11) is 4.85. The molecule has 3 rings (SSSR count). The van der Waals surface area contributed by atoms with Crippen LogP contribution in [0.5, 0.6) is 17.2 Å². The van der Waals surface area contributed by atoms with Gasteiger partial charge in [0.15, 0.2) is 11.5 Å². The first-order valence-electron chi connectivity index (χ1n) is 9.75. The van der Waals surface area contributed by atoms with Gasteiger partial charge in [-0.05, 0) is 26.0 Å². The molecule has 1 aromatic heterocycles. The quantitative estimate of drug-likeness (QED) is 0.704. The summed E-state index contributed by atoms with van der Waals surface area (Å²) in [5, 5.41) is 4.39. The molecule has 29 heavy (non-hydrogen) atoms. The number of piperazine rings is 1. The molecule has 2 heterocycles. The summed E-state index contributed by atoms with van der Waals surface area (Å²) in [4.78, 5) is 16.9. The lowest BCUT2D eigenvalue weighted by Crippen LogP contribution is -2.49. The minimum atomic E-state index is 0.111. The molecule has 1 fully saturated rings. The van der Waals surface area contributed by atoms with Crippen molar-refractivity contribution in [3.63, 3.8) is 0 Å². The molecular formula is C21H30N4O4. The number of aryl methyl sites for hydroxylation is 2. The standard InChI is InChI=1S/C21H30N4O4/c1-15-12-16(2)25(22-15)14-19(26)24-10-8-23(9-11-24)13-17-6-7-18(27-3)21(29-5)20(17)28-4/h6-7,12H,8-11,13-14H2,1-5H3. The van der Waals surface area contributed by atoms with E-state index in [-0.39, 0.29) is 5.91 Å². The summed E-state index contributed by atoms with van der Waals surface area (Å²) in [5.41, 5.74) is 2.98. The number of carbonyl (C=O) groups is 1. The zero-order valence-electron chi connectivity index (χ0n) is 17.9. The minimum absolute atomic E-state index is 0.111. The van der Waals surface area contributed by atoms with E-state index in [9.17, 15) is 4.79 Å². The Kier molecular flexibility index (Phi) is 6.64. The van der Waals surface area contributed by atoms with Crippen molar-refractivity contribution in [3.8, 4) is 17.2 Å². The maximum absolute atomic E-state index is 12.6. The number of amides is 1. The zero-order chi connectivity index (χ0) is 21.0. The van der Waals surface area contributed by atoms with Gasteiger partial charge in [0, 0.05) is 44.0 Å². The van der Waals surface area contributed by atoms with Crippen LogP contribution in [-0.4, -0.2) is 73.0 Å². The Hall–Kier alpha value is -2.74. The summed E-state index contributed by atoms with van der Waals surface area (Å²) in [6, 6.07) is 5.88. The van der Waals surface area contributed by atoms with E-state index < -0.39 is 0 Å². The Morgan fingerprint density at radius 2 is 1.69 bits per heavy atom. The first-order valence-corrected chi connectivity index (χ1v) is 9.75. The van der Waals surface area contributed by atoms with Crippen LogP contribution in [0.15, 0.2) is 18.2 Å². The summed E-state index contributed by atoms with van der Waals surface area (Å²) < 4.78 is 18.2. The van der Waals surface area contributed by atoms with E-state index >= 15 is 0 Å². The second kappa shape index (κ2) is 9.17. The second-order valence-corrected chi connectivity index (χ2v) is 7.24. The number of methoxy groups -OCH3 is 3. The molecule has 1 aliphatic heterocycles. The van der Waals surface area contributed by atoms with Crippen LogP contribution in [0.3, 0.4) is 0 Å². The summed E-state index contributed by atoms with van der Waals surface area (Å²) in [6.45, 7) is 7.95. The molecule has 0 unspecified atom stereocenters. The fourth-order valence-electron chi connectivity index (χ4n) is 3.75. The number of rotatable bonds is 7. The van der Waals surface area contributed by atoms with Crippen molar-refractivity contribution >= 4 is 5.91 Å². The number of benzene rings is 1. The van der Waals surface area contributed by atoms with Gasteiger partial charge in [-0.25, -0.2) is 0 Å². The van der Waals surface area contributed by atoms with E-state index in [1.54, 1.807) is 26.0 Å². The predicted molar refractivity (Wildman–Crippen MR) is 110 cm³/mol. The van der Waals surface area contributed by atoms with Crippen molar-refractivity contribution in [3.05, 3.63) is 35.2 Å². The molecule has 158 valence electrons. The molecule has 0 spiro atoms. The molecule has 1 saturated heterocycles. The highest BCUT2D eigenvalue weighted by Gasteiger charge is 2.24. The van der Waals surface area contributed by atoms with Crippen molar-refractivity contribution in [1.82, 2.24) is 19.6 Å².